The number of pyridine rings is 1. The Balaban J connectivity index is 1.60. The quantitative estimate of drug-likeness (QED) is 0.105. The fourth-order valence-electron chi connectivity index (χ4n) is 3.70. The van der Waals surface area contributed by atoms with Crippen molar-refractivity contribution in [3.63, 3.8) is 0 Å². The molecule has 2 aromatic heterocycles. The molecule has 41 heavy (non-hydrogen) atoms. The van der Waals surface area contributed by atoms with Crippen molar-refractivity contribution in [3.05, 3.63) is 101 Å². The van der Waals surface area contributed by atoms with E-state index in [2.05, 4.69) is 10.3 Å². The van der Waals surface area contributed by atoms with Gasteiger partial charge in [0.15, 0.2) is 25.5 Å². The summed E-state index contributed by atoms with van der Waals surface area (Å²) in [6, 6.07) is 11.7. The van der Waals surface area contributed by atoms with Crippen LogP contribution in [0.1, 0.15) is 33.3 Å². The molecule has 4 aromatic rings. The number of benzene rings is 2. The van der Waals surface area contributed by atoms with Crippen LogP contribution in [0.25, 0.3) is 11.1 Å². The van der Waals surface area contributed by atoms with Gasteiger partial charge in [-0.3, -0.25) is 9.78 Å². The van der Waals surface area contributed by atoms with E-state index in [9.17, 15) is 27.2 Å². The lowest BCUT2D eigenvalue weighted by molar-refractivity contribution is 0.0685. The van der Waals surface area contributed by atoms with Crippen LogP contribution >= 0.6 is 22.6 Å². The smallest absolute Gasteiger partial charge is 0.407 e. The third-order valence-corrected chi connectivity index (χ3v) is 6.37. The Morgan fingerprint density at radius 2 is 1.78 bits per heavy atom. The average molecular weight is 679 g/mol. The van der Waals surface area contributed by atoms with Crippen LogP contribution in [0.4, 0.5) is 22.4 Å². The van der Waals surface area contributed by atoms with E-state index in [1.54, 1.807) is 24.5 Å². The SMILES string of the molecule is [B]c1oc(C(COC(=O)NCc2ccncc2)Oc2ccc(F)c(C(N)=O)c2F)cc1-c1ccc(C(F)(F)I)cc1. The highest BCUT2D eigenvalue weighted by molar-refractivity contribution is 14.1. The van der Waals surface area contributed by atoms with Crippen molar-refractivity contribution in [2.24, 2.45) is 5.73 Å². The number of furan rings is 1. The van der Waals surface area contributed by atoms with E-state index in [1.807, 2.05) is 0 Å². The molecule has 2 heterocycles. The van der Waals surface area contributed by atoms with Crippen molar-refractivity contribution in [2.75, 3.05) is 6.61 Å². The van der Waals surface area contributed by atoms with Gasteiger partial charge in [0.05, 0.1) is 5.66 Å². The summed E-state index contributed by atoms with van der Waals surface area (Å²) in [5.41, 5.74) is 5.15. The molecule has 2 aromatic carbocycles. The van der Waals surface area contributed by atoms with Crippen LogP contribution in [0.15, 0.2) is 71.4 Å². The summed E-state index contributed by atoms with van der Waals surface area (Å²) < 4.78 is 69.6. The number of alkyl carbamates (subject to hydrolysis) is 1. The van der Waals surface area contributed by atoms with E-state index >= 15 is 0 Å². The van der Waals surface area contributed by atoms with Gasteiger partial charge in [-0.2, -0.15) is 8.78 Å². The number of nitrogens with zero attached hydrogens (tertiary/aromatic N) is 1. The van der Waals surface area contributed by atoms with Gasteiger partial charge < -0.3 is 24.9 Å². The number of primary amides is 1. The van der Waals surface area contributed by atoms with E-state index in [4.69, 9.17) is 27.5 Å². The van der Waals surface area contributed by atoms with Gasteiger partial charge in [0.1, 0.15) is 23.7 Å². The molecule has 0 saturated heterocycles. The number of carbonyl (C=O) groups is 2. The number of amides is 2. The number of rotatable bonds is 10. The molecule has 3 N–H and O–H groups in total. The number of nitrogens with two attached hydrogens (primary N) is 1. The van der Waals surface area contributed by atoms with Crippen LogP contribution in [-0.4, -0.2) is 31.4 Å². The Morgan fingerprint density at radius 1 is 1.10 bits per heavy atom. The number of aromatic nitrogens is 1. The normalized spacial score (nSPS) is 12.0. The molecule has 2 radical (unpaired) electrons. The Labute approximate surface area is 245 Å². The van der Waals surface area contributed by atoms with Crippen LogP contribution in [-0.2, 0) is 15.2 Å². The van der Waals surface area contributed by atoms with E-state index in [0.29, 0.717) is 5.56 Å². The zero-order valence-corrected chi connectivity index (χ0v) is 23.0. The first kappa shape index (κ1) is 29.9. The van der Waals surface area contributed by atoms with E-state index < -0.39 is 51.6 Å². The molecule has 0 spiro atoms. The second-order valence-electron chi connectivity index (χ2n) is 8.51. The molecule has 14 heteroatoms. The van der Waals surface area contributed by atoms with Crippen LogP contribution in [0, 0.1) is 11.6 Å². The summed E-state index contributed by atoms with van der Waals surface area (Å²) in [6.45, 7) is -0.428. The maximum atomic E-state index is 14.9. The van der Waals surface area contributed by atoms with Crippen molar-refractivity contribution < 1.29 is 41.0 Å². The topological polar surface area (TPSA) is 117 Å². The second kappa shape index (κ2) is 12.6. The minimum Gasteiger partial charge on any atom is -0.476 e. The lowest BCUT2D eigenvalue weighted by Crippen LogP contribution is -2.27. The van der Waals surface area contributed by atoms with Gasteiger partial charge >= 0.3 is 10.0 Å². The average Bonchev–Trinajstić information content (AvgIpc) is 3.32. The van der Waals surface area contributed by atoms with Gasteiger partial charge in [0.2, 0.25) is 0 Å². The first-order valence-electron chi connectivity index (χ1n) is 11.7. The van der Waals surface area contributed by atoms with E-state index in [1.165, 1.54) is 30.3 Å². The first-order chi connectivity index (χ1) is 19.4. The molecule has 0 aliphatic carbocycles. The number of alkyl halides is 3. The molecule has 1 unspecified atom stereocenters. The van der Waals surface area contributed by atoms with Crippen LogP contribution in [0.5, 0.6) is 5.75 Å². The lowest BCUT2D eigenvalue weighted by atomic mass is 9.95. The summed E-state index contributed by atoms with van der Waals surface area (Å²) in [7, 11) is 6.03. The maximum Gasteiger partial charge on any atom is 0.407 e. The monoisotopic (exact) mass is 679 g/mol. The Hall–Kier alpha value is -4.08. The lowest BCUT2D eigenvalue weighted by Gasteiger charge is -2.19. The standard InChI is InChI=1S/C27H19BF4IN3O5/c28-24-17(15-1-3-16(4-2-15)27(31,32)33)11-20(41-24)21(13-39-26(38)36-12-14-7-9-35-10-8-14)40-19-6-5-18(29)22(23(19)30)25(34)37/h1-11,21H,12-13H2,(H2,34,37)(H,36,38). The fourth-order valence-corrected chi connectivity index (χ4v) is 4.06. The molecule has 8 nitrogen and oxygen atoms in total. The molecule has 0 bridgehead atoms. The summed E-state index contributed by atoms with van der Waals surface area (Å²) in [5, 5.41) is 2.53. The molecule has 1 atom stereocenters. The highest BCUT2D eigenvalue weighted by Gasteiger charge is 2.28. The highest BCUT2D eigenvalue weighted by Crippen LogP contribution is 2.36. The Morgan fingerprint density at radius 3 is 2.41 bits per heavy atom. The minimum absolute atomic E-state index is 0.0490. The molecular formula is C27H19BF4IN3O5. The zero-order chi connectivity index (χ0) is 29.7. The molecule has 2 amide bonds. The fraction of sp³-hybridized carbons (Fsp3) is 0.148. The van der Waals surface area contributed by atoms with Crippen molar-refractivity contribution in [1.82, 2.24) is 10.3 Å². The van der Waals surface area contributed by atoms with Crippen LogP contribution in [0.3, 0.4) is 0 Å². The number of carbonyl (C=O) groups excluding carboxylic acids is 2. The van der Waals surface area contributed by atoms with Gasteiger partial charge in [0.25, 0.3) is 5.91 Å². The summed E-state index contributed by atoms with van der Waals surface area (Å²) >= 11 is 1.01. The Kier molecular flexibility index (Phi) is 9.20. The predicted molar refractivity (Wildman–Crippen MR) is 148 cm³/mol. The number of halogens is 5. The minimum atomic E-state index is -3.08. The van der Waals surface area contributed by atoms with Crippen molar-refractivity contribution >= 4 is 48.1 Å². The van der Waals surface area contributed by atoms with Gasteiger partial charge in [-0.1, -0.05) is 24.3 Å². The molecule has 0 aliphatic rings. The predicted octanol–water partition coefficient (Wildman–Crippen LogP) is 5.04. The highest BCUT2D eigenvalue weighted by atomic mass is 127. The largest absolute Gasteiger partial charge is 0.476 e. The van der Waals surface area contributed by atoms with Gasteiger partial charge in [0, 0.05) is 52.7 Å². The van der Waals surface area contributed by atoms with E-state index in [-0.39, 0.29) is 29.1 Å². The number of hydrogen-bond donors (Lipinski definition) is 2. The van der Waals surface area contributed by atoms with Crippen molar-refractivity contribution in [2.45, 2.75) is 16.6 Å². The maximum absolute atomic E-state index is 14.9. The van der Waals surface area contributed by atoms with Gasteiger partial charge in [-0.15, -0.1) is 0 Å². The summed E-state index contributed by atoms with van der Waals surface area (Å²) in [4.78, 5) is 27.8. The Bertz CT molecular complexity index is 1550. The number of ether oxygens (including phenoxy) is 2. The third kappa shape index (κ3) is 7.37. The second-order valence-corrected chi connectivity index (χ2v) is 9.87. The molecule has 0 aliphatic heterocycles. The zero-order valence-electron chi connectivity index (χ0n) is 20.9. The molecule has 0 fully saturated rings. The van der Waals surface area contributed by atoms with Crippen molar-refractivity contribution in [3.8, 4) is 16.9 Å². The van der Waals surface area contributed by atoms with E-state index in [0.717, 1.165) is 40.3 Å². The summed E-state index contributed by atoms with van der Waals surface area (Å²) in [5.74, 6) is -4.57. The first-order valence-corrected chi connectivity index (χ1v) is 12.8. The van der Waals surface area contributed by atoms with Gasteiger partial charge in [-0.05, 0) is 41.5 Å². The third-order valence-electron chi connectivity index (χ3n) is 5.74. The van der Waals surface area contributed by atoms with Crippen LogP contribution < -0.4 is 21.4 Å². The molecule has 4 rings (SSSR count). The van der Waals surface area contributed by atoms with Crippen LogP contribution in [0.2, 0.25) is 0 Å². The molecule has 0 saturated carbocycles. The molecular weight excluding hydrogens is 660 g/mol. The van der Waals surface area contributed by atoms with Gasteiger partial charge in [-0.25, -0.2) is 13.6 Å². The number of nitrogens with one attached hydrogen (secondary N) is 1. The number of hydrogen-bond acceptors (Lipinski definition) is 6. The van der Waals surface area contributed by atoms with Crippen molar-refractivity contribution in [1.29, 1.82) is 0 Å². The molecule has 210 valence electrons. The summed E-state index contributed by atoms with van der Waals surface area (Å²) in [6.07, 6.45) is 0.882.